The molecule has 0 spiro atoms. The molecule has 0 bridgehead atoms. The summed E-state index contributed by atoms with van der Waals surface area (Å²) < 4.78 is 6.17. The lowest BCUT2D eigenvalue weighted by molar-refractivity contribution is 0.0259. The van der Waals surface area contributed by atoms with Crippen LogP contribution in [0.3, 0.4) is 0 Å². The van der Waals surface area contributed by atoms with Crippen molar-refractivity contribution in [2.45, 2.75) is 83.3 Å². The zero-order valence-corrected chi connectivity index (χ0v) is 12.9. The first-order valence-electron chi connectivity index (χ1n) is 8.61. The van der Waals surface area contributed by atoms with Crippen molar-refractivity contribution in [3.05, 3.63) is 35.9 Å². The van der Waals surface area contributed by atoms with E-state index < -0.39 is 0 Å². The normalized spacial score (nSPS) is 20.0. The monoisotopic (exact) mass is 274 g/mol. The van der Waals surface area contributed by atoms with Gasteiger partial charge in [-0.15, -0.1) is 0 Å². The summed E-state index contributed by atoms with van der Waals surface area (Å²) in [5.41, 5.74) is 1.30. The van der Waals surface area contributed by atoms with Crippen molar-refractivity contribution in [2.75, 3.05) is 0 Å². The standard InChI is InChI=1S/C19H30O/c1-2-4-6-11-15-19(16-12-7-5-3-1)20-17-18-13-9-8-10-14-18/h8-10,13-14,19H,1-7,11-12,15-17H2. The third-order valence-electron chi connectivity index (χ3n) is 4.38. The summed E-state index contributed by atoms with van der Waals surface area (Å²) in [6.07, 6.45) is 15.7. The predicted molar refractivity (Wildman–Crippen MR) is 85.8 cm³/mol. The molecule has 0 saturated heterocycles. The zero-order chi connectivity index (χ0) is 13.9. The minimum absolute atomic E-state index is 0.481. The van der Waals surface area contributed by atoms with Crippen molar-refractivity contribution < 1.29 is 4.74 Å². The van der Waals surface area contributed by atoms with Crippen LogP contribution in [0.4, 0.5) is 0 Å². The fourth-order valence-electron chi connectivity index (χ4n) is 3.08. The van der Waals surface area contributed by atoms with Crippen LogP contribution in [0.2, 0.25) is 0 Å². The van der Waals surface area contributed by atoms with Gasteiger partial charge in [0.1, 0.15) is 0 Å². The highest BCUT2D eigenvalue weighted by Crippen LogP contribution is 2.19. The molecule has 1 nitrogen and oxygen atoms in total. The van der Waals surface area contributed by atoms with E-state index in [9.17, 15) is 0 Å². The van der Waals surface area contributed by atoms with Gasteiger partial charge in [0.15, 0.2) is 0 Å². The van der Waals surface area contributed by atoms with Crippen molar-refractivity contribution in [1.29, 1.82) is 0 Å². The van der Waals surface area contributed by atoms with E-state index in [-0.39, 0.29) is 0 Å². The third kappa shape index (κ3) is 6.56. The van der Waals surface area contributed by atoms with E-state index in [4.69, 9.17) is 4.74 Å². The lowest BCUT2D eigenvalue weighted by Gasteiger charge is -2.19. The molecule has 1 saturated carbocycles. The molecule has 0 heterocycles. The average molecular weight is 274 g/mol. The second-order valence-electron chi connectivity index (χ2n) is 6.18. The smallest absolute Gasteiger partial charge is 0.0720 e. The molecule has 0 N–H and O–H groups in total. The topological polar surface area (TPSA) is 9.23 Å². The van der Waals surface area contributed by atoms with Gasteiger partial charge in [-0.2, -0.15) is 0 Å². The average Bonchev–Trinajstić information content (AvgIpc) is 2.48. The van der Waals surface area contributed by atoms with Gasteiger partial charge < -0.3 is 4.74 Å². The molecule has 2 rings (SSSR count). The maximum Gasteiger partial charge on any atom is 0.0720 e. The van der Waals surface area contributed by atoms with Gasteiger partial charge in [0, 0.05) is 0 Å². The first-order chi connectivity index (χ1) is 9.95. The second-order valence-corrected chi connectivity index (χ2v) is 6.18. The third-order valence-corrected chi connectivity index (χ3v) is 4.38. The summed E-state index contributed by atoms with van der Waals surface area (Å²) in [4.78, 5) is 0. The summed E-state index contributed by atoms with van der Waals surface area (Å²) >= 11 is 0. The summed E-state index contributed by atoms with van der Waals surface area (Å²) in [6, 6.07) is 10.6. The minimum Gasteiger partial charge on any atom is -0.374 e. The molecule has 1 fully saturated rings. The van der Waals surface area contributed by atoms with Crippen LogP contribution in [0, 0.1) is 0 Å². The summed E-state index contributed by atoms with van der Waals surface area (Å²) in [5.74, 6) is 0. The number of hydrogen-bond donors (Lipinski definition) is 0. The van der Waals surface area contributed by atoms with Gasteiger partial charge in [0.2, 0.25) is 0 Å². The van der Waals surface area contributed by atoms with Gasteiger partial charge in [0.25, 0.3) is 0 Å². The van der Waals surface area contributed by atoms with Crippen molar-refractivity contribution in [3.8, 4) is 0 Å². The molecule has 0 atom stereocenters. The maximum atomic E-state index is 6.17. The predicted octanol–water partition coefficient (Wildman–Crippen LogP) is 5.88. The Labute approximate surface area is 124 Å². The maximum absolute atomic E-state index is 6.17. The number of ether oxygens (including phenoxy) is 1. The summed E-state index contributed by atoms with van der Waals surface area (Å²) in [6.45, 7) is 0.783. The van der Waals surface area contributed by atoms with Crippen molar-refractivity contribution in [3.63, 3.8) is 0 Å². The summed E-state index contributed by atoms with van der Waals surface area (Å²) in [7, 11) is 0. The Morgan fingerprint density at radius 3 is 1.75 bits per heavy atom. The molecule has 1 heteroatoms. The quantitative estimate of drug-likeness (QED) is 0.669. The molecular formula is C19H30O. The van der Waals surface area contributed by atoms with Crippen LogP contribution in [-0.4, -0.2) is 6.10 Å². The molecule has 1 aromatic carbocycles. The first kappa shape index (κ1) is 15.6. The molecule has 1 aromatic rings. The molecule has 0 amide bonds. The lowest BCUT2D eigenvalue weighted by atomic mass is 9.99. The Morgan fingerprint density at radius 2 is 1.20 bits per heavy atom. The van der Waals surface area contributed by atoms with Crippen LogP contribution in [0.25, 0.3) is 0 Å². The van der Waals surface area contributed by atoms with Crippen molar-refractivity contribution in [1.82, 2.24) is 0 Å². The van der Waals surface area contributed by atoms with E-state index in [0.29, 0.717) is 6.10 Å². The van der Waals surface area contributed by atoms with Gasteiger partial charge in [-0.3, -0.25) is 0 Å². The van der Waals surface area contributed by atoms with E-state index in [1.165, 1.54) is 76.2 Å². The van der Waals surface area contributed by atoms with Crippen LogP contribution in [0.1, 0.15) is 76.2 Å². The Morgan fingerprint density at radius 1 is 0.700 bits per heavy atom. The molecule has 0 radical (unpaired) electrons. The molecule has 0 unspecified atom stereocenters. The Balaban J connectivity index is 1.74. The molecule has 112 valence electrons. The second kappa shape index (κ2) is 9.99. The van der Waals surface area contributed by atoms with E-state index >= 15 is 0 Å². The molecule has 0 aromatic heterocycles. The van der Waals surface area contributed by atoms with E-state index in [0.717, 1.165) is 6.61 Å². The van der Waals surface area contributed by atoms with Crippen LogP contribution in [-0.2, 0) is 11.3 Å². The molecule has 1 aliphatic carbocycles. The van der Waals surface area contributed by atoms with E-state index in [2.05, 4.69) is 30.3 Å². The first-order valence-corrected chi connectivity index (χ1v) is 8.61. The highest BCUT2D eigenvalue weighted by molar-refractivity contribution is 5.13. The Hall–Kier alpha value is -0.820. The van der Waals surface area contributed by atoms with Crippen LogP contribution in [0.5, 0.6) is 0 Å². The van der Waals surface area contributed by atoms with Crippen molar-refractivity contribution in [2.24, 2.45) is 0 Å². The highest BCUT2D eigenvalue weighted by Gasteiger charge is 2.10. The van der Waals surface area contributed by atoms with Gasteiger partial charge in [0.05, 0.1) is 12.7 Å². The highest BCUT2D eigenvalue weighted by atomic mass is 16.5. The molecule has 0 aliphatic heterocycles. The lowest BCUT2D eigenvalue weighted by Crippen LogP contribution is -2.13. The zero-order valence-electron chi connectivity index (χ0n) is 12.9. The van der Waals surface area contributed by atoms with Crippen LogP contribution in [0.15, 0.2) is 30.3 Å². The van der Waals surface area contributed by atoms with E-state index in [1.807, 2.05) is 0 Å². The van der Waals surface area contributed by atoms with Crippen LogP contribution >= 0.6 is 0 Å². The van der Waals surface area contributed by atoms with Crippen molar-refractivity contribution >= 4 is 0 Å². The Kier molecular flexibility index (Phi) is 7.77. The fraction of sp³-hybridized carbons (Fsp3) is 0.684. The Bertz CT molecular complexity index is 321. The van der Waals surface area contributed by atoms with Gasteiger partial charge in [-0.25, -0.2) is 0 Å². The van der Waals surface area contributed by atoms with Gasteiger partial charge in [-0.1, -0.05) is 88.1 Å². The number of hydrogen-bond acceptors (Lipinski definition) is 1. The SMILES string of the molecule is c1ccc(COC2CCCCCCCCCCC2)cc1. The van der Waals surface area contributed by atoms with Gasteiger partial charge in [-0.05, 0) is 18.4 Å². The number of rotatable bonds is 3. The fourth-order valence-corrected chi connectivity index (χ4v) is 3.08. The minimum atomic E-state index is 0.481. The van der Waals surface area contributed by atoms with E-state index in [1.54, 1.807) is 0 Å². The molecular weight excluding hydrogens is 244 g/mol. The van der Waals surface area contributed by atoms with Crippen LogP contribution < -0.4 is 0 Å². The summed E-state index contributed by atoms with van der Waals surface area (Å²) in [5, 5.41) is 0. The molecule has 1 aliphatic rings. The largest absolute Gasteiger partial charge is 0.374 e. The molecule has 20 heavy (non-hydrogen) atoms. The van der Waals surface area contributed by atoms with Gasteiger partial charge >= 0.3 is 0 Å². The number of benzene rings is 1.